The molecule has 2 aliphatic carbocycles. The Labute approximate surface area is 139 Å². The van der Waals surface area contributed by atoms with E-state index in [2.05, 4.69) is 28.9 Å². The van der Waals surface area contributed by atoms with Crippen molar-refractivity contribution in [1.29, 1.82) is 0 Å². The molecule has 21 heavy (non-hydrogen) atoms. The average Bonchev–Trinajstić information content (AvgIpc) is 3.23. The summed E-state index contributed by atoms with van der Waals surface area (Å²) in [5.74, 6) is 2.90. The van der Waals surface area contributed by atoms with Gasteiger partial charge in [-0.05, 0) is 67.1 Å². The molecular formula is C17H20ClNS2. The third-order valence-electron chi connectivity index (χ3n) is 5.17. The first-order chi connectivity index (χ1) is 10.3. The van der Waals surface area contributed by atoms with Gasteiger partial charge in [-0.25, -0.2) is 0 Å². The summed E-state index contributed by atoms with van der Waals surface area (Å²) in [5, 5.41) is 6.00. The summed E-state index contributed by atoms with van der Waals surface area (Å²) < 4.78 is 0.883. The van der Waals surface area contributed by atoms with Crippen LogP contribution in [-0.2, 0) is 0 Å². The molecule has 0 radical (unpaired) electrons. The Kier molecular flexibility index (Phi) is 4.10. The Bertz CT molecular complexity index is 592. The molecule has 0 spiro atoms. The van der Waals surface area contributed by atoms with Gasteiger partial charge in [0, 0.05) is 9.75 Å². The lowest BCUT2D eigenvalue weighted by molar-refractivity contribution is 0.313. The fourth-order valence-electron chi connectivity index (χ4n) is 4.18. The molecule has 1 N–H and O–H groups in total. The van der Waals surface area contributed by atoms with Gasteiger partial charge in [0.05, 0.1) is 10.4 Å². The summed E-state index contributed by atoms with van der Waals surface area (Å²) in [6, 6.07) is 8.88. The molecule has 2 aromatic heterocycles. The summed E-state index contributed by atoms with van der Waals surface area (Å²) in [4.78, 5) is 2.74. The Morgan fingerprint density at radius 1 is 1.19 bits per heavy atom. The molecule has 4 heteroatoms. The van der Waals surface area contributed by atoms with Crippen molar-refractivity contribution >= 4 is 34.3 Å². The summed E-state index contributed by atoms with van der Waals surface area (Å²) in [6.45, 7) is 1.15. The number of fused-ring (bicyclic) bond motifs is 2. The lowest BCUT2D eigenvalue weighted by atomic mass is 9.88. The van der Waals surface area contributed by atoms with Gasteiger partial charge in [-0.3, -0.25) is 0 Å². The molecule has 2 saturated carbocycles. The molecule has 0 aliphatic heterocycles. The summed E-state index contributed by atoms with van der Waals surface area (Å²) in [6.07, 6.45) is 5.88. The van der Waals surface area contributed by atoms with E-state index in [4.69, 9.17) is 11.6 Å². The minimum Gasteiger partial charge on any atom is -0.305 e. The molecule has 4 unspecified atom stereocenters. The zero-order valence-corrected chi connectivity index (χ0v) is 14.3. The van der Waals surface area contributed by atoms with Crippen LogP contribution in [-0.4, -0.2) is 6.54 Å². The second-order valence-electron chi connectivity index (χ2n) is 6.43. The standard InChI is InChI=1S/C17H20ClNS2/c18-16-6-5-15(21-16)17(14-2-1-7-20-14)19-10-13-9-11-3-4-12(13)8-11/h1-2,5-7,11-13,17,19H,3-4,8-10H2. The van der Waals surface area contributed by atoms with Crippen LogP contribution in [0, 0.1) is 17.8 Å². The Balaban J connectivity index is 1.48. The third kappa shape index (κ3) is 2.94. The largest absolute Gasteiger partial charge is 0.305 e. The second-order valence-corrected chi connectivity index (χ2v) is 9.16. The SMILES string of the molecule is Clc1ccc(C(NCC2CC3CCC2C3)c2cccs2)s1. The highest BCUT2D eigenvalue weighted by atomic mass is 35.5. The van der Waals surface area contributed by atoms with E-state index in [1.807, 2.05) is 17.4 Å². The lowest BCUT2D eigenvalue weighted by Crippen LogP contribution is -2.29. The normalized spacial score (nSPS) is 29.1. The van der Waals surface area contributed by atoms with Crippen molar-refractivity contribution in [3.05, 3.63) is 43.7 Å². The molecule has 1 nitrogen and oxygen atoms in total. The Morgan fingerprint density at radius 3 is 2.76 bits per heavy atom. The molecule has 2 aromatic rings. The van der Waals surface area contributed by atoms with E-state index in [1.54, 1.807) is 11.3 Å². The fourth-order valence-corrected chi connectivity index (χ4v) is 6.22. The average molecular weight is 338 g/mol. The maximum Gasteiger partial charge on any atom is 0.0931 e. The Hall–Kier alpha value is -0.350. The number of thiophene rings is 2. The molecule has 2 heterocycles. The van der Waals surface area contributed by atoms with E-state index < -0.39 is 0 Å². The monoisotopic (exact) mass is 337 g/mol. The van der Waals surface area contributed by atoms with Crippen LogP contribution >= 0.6 is 34.3 Å². The van der Waals surface area contributed by atoms with Gasteiger partial charge in [0.2, 0.25) is 0 Å². The van der Waals surface area contributed by atoms with Crippen molar-refractivity contribution in [2.75, 3.05) is 6.54 Å². The third-order valence-corrected chi connectivity index (χ3v) is 7.41. The van der Waals surface area contributed by atoms with Crippen LogP contribution in [0.3, 0.4) is 0 Å². The molecule has 2 fully saturated rings. The molecule has 0 saturated heterocycles. The summed E-state index contributed by atoms with van der Waals surface area (Å²) in [7, 11) is 0. The highest BCUT2D eigenvalue weighted by Crippen LogP contribution is 2.48. The number of hydrogen-bond acceptors (Lipinski definition) is 3. The predicted octanol–water partition coefficient (Wildman–Crippen LogP) is 5.58. The smallest absolute Gasteiger partial charge is 0.0931 e. The van der Waals surface area contributed by atoms with Crippen molar-refractivity contribution < 1.29 is 0 Å². The zero-order valence-electron chi connectivity index (χ0n) is 11.9. The van der Waals surface area contributed by atoms with E-state index in [-0.39, 0.29) is 0 Å². The molecule has 2 aliphatic rings. The first kappa shape index (κ1) is 14.3. The molecule has 0 aromatic carbocycles. The molecular weight excluding hydrogens is 318 g/mol. The van der Waals surface area contributed by atoms with E-state index in [0.717, 1.165) is 28.6 Å². The van der Waals surface area contributed by atoms with Crippen LogP contribution in [0.5, 0.6) is 0 Å². The summed E-state index contributed by atoms with van der Waals surface area (Å²) in [5.41, 5.74) is 0. The number of nitrogens with one attached hydrogen (secondary N) is 1. The van der Waals surface area contributed by atoms with Crippen LogP contribution in [0.1, 0.15) is 41.5 Å². The highest BCUT2D eigenvalue weighted by Gasteiger charge is 2.39. The van der Waals surface area contributed by atoms with Gasteiger partial charge in [-0.15, -0.1) is 22.7 Å². The van der Waals surface area contributed by atoms with E-state index in [1.165, 1.54) is 35.4 Å². The van der Waals surface area contributed by atoms with Crippen molar-refractivity contribution in [1.82, 2.24) is 5.32 Å². The van der Waals surface area contributed by atoms with E-state index in [9.17, 15) is 0 Å². The van der Waals surface area contributed by atoms with Gasteiger partial charge < -0.3 is 5.32 Å². The lowest BCUT2D eigenvalue weighted by Gasteiger charge is -2.25. The van der Waals surface area contributed by atoms with Crippen molar-refractivity contribution in [2.24, 2.45) is 17.8 Å². The van der Waals surface area contributed by atoms with Crippen LogP contribution in [0.4, 0.5) is 0 Å². The molecule has 0 amide bonds. The van der Waals surface area contributed by atoms with Gasteiger partial charge in [-0.2, -0.15) is 0 Å². The summed E-state index contributed by atoms with van der Waals surface area (Å²) >= 11 is 9.67. The van der Waals surface area contributed by atoms with Crippen LogP contribution < -0.4 is 5.32 Å². The van der Waals surface area contributed by atoms with Crippen LogP contribution in [0.2, 0.25) is 4.34 Å². The Morgan fingerprint density at radius 2 is 2.14 bits per heavy atom. The topological polar surface area (TPSA) is 12.0 Å². The number of halogens is 1. The minimum absolute atomic E-state index is 0.321. The van der Waals surface area contributed by atoms with Crippen LogP contribution in [0.15, 0.2) is 29.6 Å². The van der Waals surface area contributed by atoms with Crippen molar-refractivity contribution in [2.45, 2.75) is 31.7 Å². The molecule has 4 rings (SSSR count). The number of hydrogen-bond donors (Lipinski definition) is 1. The van der Waals surface area contributed by atoms with Gasteiger partial charge in [-0.1, -0.05) is 24.1 Å². The molecule has 4 atom stereocenters. The van der Waals surface area contributed by atoms with Gasteiger partial charge in [0.15, 0.2) is 0 Å². The predicted molar refractivity (Wildman–Crippen MR) is 92.4 cm³/mol. The van der Waals surface area contributed by atoms with Crippen LogP contribution in [0.25, 0.3) is 0 Å². The van der Waals surface area contributed by atoms with Crippen molar-refractivity contribution in [3.63, 3.8) is 0 Å². The zero-order chi connectivity index (χ0) is 14.2. The first-order valence-electron chi connectivity index (χ1n) is 7.81. The van der Waals surface area contributed by atoms with Gasteiger partial charge >= 0.3 is 0 Å². The first-order valence-corrected chi connectivity index (χ1v) is 9.89. The van der Waals surface area contributed by atoms with E-state index in [0.29, 0.717) is 6.04 Å². The van der Waals surface area contributed by atoms with E-state index >= 15 is 0 Å². The highest BCUT2D eigenvalue weighted by molar-refractivity contribution is 7.16. The molecule has 2 bridgehead atoms. The van der Waals surface area contributed by atoms with Crippen molar-refractivity contribution in [3.8, 4) is 0 Å². The van der Waals surface area contributed by atoms with Gasteiger partial charge in [0.1, 0.15) is 0 Å². The quantitative estimate of drug-likeness (QED) is 0.751. The molecule has 112 valence electrons. The second kappa shape index (κ2) is 6.04. The number of rotatable bonds is 5. The minimum atomic E-state index is 0.321. The maximum absolute atomic E-state index is 6.14. The maximum atomic E-state index is 6.14. The van der Waals surface area contributed by atoms with Gasteiger partial charge in [0.25, 0.3) is 0 Å². The fraction of sp³-hybridized carbons (Fsp3) is 0.529.